The Labute approximate surface area is 205 Å². The van der Waals surface area contributed by atoms with Gasteiger partial charge in [0.2, 0.25) is 0 Å². The third kappa shape index (κ3) is 4.51. The third-order valence-corrected chi connectivity index (χ3v) is 6.20. The van der Waals surface area contributed by atoms with E-state index in [-0.39, 0.29) is 5.56 Å². The molecule has 172 valence electrons. The van der Waals surface area contributed by atoms with Crippen molar-refractivity contribution in [3.8, 4) is 33.8 Å². The number of nitrogens with zero attached hydrogens (tertiary/aromatic N) is 4. The van der Waals surface area contributed by atoms with Crippen LogP contribution in [0, 0.1) is 0 Å². The number of thiazole rings is 1. The van der Waals surface area contributed by atoms with E-state index in [1.807, 2.05) is 91.2 Å². The Bertz CT molecular complexity index is 1530. The maximum Gasteiger partial charge on any atom is 0.280 e. The number of carbonyl (C=O) groups excluding carboxylic acids is 1. The van der Waals surface area contributed by atoms with Crippen molar-refractivity contribution in [1.82, 2.24) is 19.7 Å². The van der Waals surface area contributed by atoms with Crippen molar-refractivity contribution in [2.24, 2.45) is 0 Å². The van der Waals surface area contributed by atoms with E-state index in [9.17, 15) is 9.59 Å². The summed E-state index contributed by atoms with van der Waals surface area (Å²) in [5, 5.41) is 9.67. The largest absolute Gasteiger partial charge is 0.298 e. The molecular weight excluding hydrogens is 458 g/mol. The molecule has 5 aromatic rings. The third-order valence-electron chi connectivity index (χ3n) is 5.44. The highest BCUT2D eigenvalue weighted by Gasteiger charge is 2.25. The molecule has 1 amide bonds. The summed E-state index contributed by atoms with van der Waals surface area (Å²) in [5.74, 6) is -0.530. The maximum absolute atomic E-state index is 13.6. The number of hydrogen-bond acceptors (Lipinski definition) is 6. The van der Waals surface area contributed by atoms with Gasteiger partial charge in [-0.3, -0.25) is 19.9 Å². The smallest absolute Gasteiger partial charge is 0.280 e. The maximum atomic E-state index is 13.6. The molecule has 0 aliphatic carbocycles. The average molecular weight is 480 g/mol. The summed E-state index contributed by atoms with van der Waals surface area (Å²) in [6.07, 6.45) is 1.69. The first-order valence-corrected chi connectivity index (χ1v) is 12.0. The quantitative estimate of drug-likeness (QED) is 0.354. The number of amides is 1. The highest BCUT2D eigenvalue weighted by atomic mass is 32.1. The van der Waals surface area contributed by atoms with Gasteiger partial charge in [-0.25, -0.2) is 9.67 Å². The van der Waals surface area contributed by atoms with Gasteiger partial charge < -0.3 is 0 Å². The van der Waals surface area contributed by atoms with Crippen molar-refractivity contribution in [2.75, 3.05) is 5.32 Å². The van der Waals surface area contributed by atoms with E-state index in [2.05, 4.69) is 20.4 Å². The van der Waals surface area contributed by atoms with Crippen molar-refractivity contribution >= 4 is 22.4 Å². The highest BCUT2D eigenvalue weighted by Crippen LogP contribution is 2.33. The number of benzene rings is 2. The number of carbonyl (C=O) groups is 1. The zero-order chi connectivity index (χ0) is 24.2. The van der Waals surface area contributed by atoms with Crippen LogP contribution < -0.4 is 10.9 Å². The van der Waals surface area contributed by atoms with Crippen LogP contribution in [0.1, 0.15) is 17.3 Å². The van der Waals surface area contributed by atoms with Crippen molar-refractivity contribution in [1.29, 1.82) is 0 Å². The van der Waals surface area contributed by atoms with Crippen molar-refractivity contribution < 1.29 is 4.79 Å². The van der Waals surface area contributed by atoms with E-state index in [4.69, 9.17) is 0 Å². The molecule has 0 unspecified atom stereocenters. The predicted molar refractivity (Wildman–Crippen MR) is 138 cm³/mol. The lowest BCUT2D eigenvalue weighted by Crippen LogP contribution is -2.32. The van der Waals surface area contributed by atoms with Crippen molar-refractivity contribution in [3.63, 3.8) is 0 Å². The van der Waals surface area contributed by atoms with E-state index >= 15 is 0 Å². The van der Waals surface area contributed by atoms with Gasteiger partial charge in [0.1, 0.15) is 11.3 Å². The monoisotopic (exact) mass is 479 g/mol. The normalized spacial score (nSPS) is 10.8. The number of aryl methyl sites for hydroxylation is 1. The van der Waals surface area contributed by atoms with Crippen molar-refractivity contribution in [3.05, 3.63) is 106 Å². The summed E-state index contributed by atoms with van der Waals surface area (Å²) in [5.41, 5.74) is 3.54. The molecule has 5 rings (SSSR count). The van der Waals surface area contributed by atoms with Crippen LogP contribution in [-0.2, 0) is 6.54 Å². The minimum Gasteiger partial charge on any atom is -0.298 e. The number of aromatic nitrogens is 4. The second-order valence-corrected chi connectivity index (χ2v) is 8.52. The van der Waals surface area contributed by atoms with E-state index in [0.717, 1.165) is 11.1 Å². The SMILES string of the molecule is CCn1nc(-c2ccccc2)c(-c2ccccc2)c(C(=O)Nc2nc(-c3ccccn3)cs2)c1=O. The molecule has 1 N–H and O–H groups in total. The van der Waals surface area contributed by atoms with Gasteiger partial charge in [-0.15, -0.1) is 11.3 Å². The van der Waals surface area contributed by atoms with Gasteiger partial charge >= 0.3 is 0 Å². The Morgan fingerprint density at radius 2 is 1.60 bits per heavy atom. The van der Waals surface area contributed by atoms with Crippen LogP contribution in [0.4, 0.5) is 5.13 Å². The number of pyridine rings is 1. The lowest BCUT2D eigenvalue weighted by atomic mass is 9.95. The predicted octanol–water partition coefficient (Wildman–Crippen LogP) is 5.37. The molecule has 7 nitrogen and oxygen atoms in total. The standard InChI is InChI=1S/C27H21N5O2S/c1-2-32-26(34)23(25(33)30-27-29-21(17-35-27)20-15-9-10-16-28-20)22(18-11-5-3-6-12-18)24(31-32)19-13-7-4-8-14-19/h3-17H,2H2,1H3,(H,29,30,33). The summed E-state index contributed by atoms with van der Waals surface area (Å²) in [6, 6.07) is 24.5. The topological polar surface area (TPSA) is 89.8 Å². The minimum atomic E-state index is -0.530. The second kappa shape index (κ2) is 9.82. The first kappa shape index (κ1) is 22.4. The van der Waals surface area contributed by atoms with Gasteiger partial charge in [0.25, 0.3) is 11.5 Å². The molecule has 8 heteroatoms. The fraction of sp³-hybridized carbons (Fsp3) is 0.0741. The van der Waals surface area contributed by atoms with Gasteiger partial charge in [-0.2, -0.15) is 5.10 Å². The first-order valence-electron chi connectivity index (χ1n) is 11.1. The van der Waals surface area contributed by atoms with Crippen molar-refractivity contribution in [2.45, 2.75) is 13.5 Å². The van der Waals surface area contributed by atoms with E-state index in [1.165, 1.54) is 16.0 Å². The van der Waals surface area contributed by atoms with Gasteiger partial charge in [0.15, 0.2) is 5.13 Å². The zero-order valence-corrected chi connectivity index (χ0v) is 19.7. The number of anilines is 1. The molecule has 0 saturated carbocycles. The Kier molecular flexibility index (Phi) is 6.28. The van der Waals surface area contributed by atoms with Gasteiger partial charge in [0.05, 0.1) is 11.4 Å². The summed E-state index contributed by atoms with van der Waals surface area (Å²) in [7, 11) is 0. The van der Waals surface area contributed by atoms with Crippen LogP contribution in [0.2, 0.25) is 0 Å². The molecule has 0 saturated heterocycles. The van der Waals surface area contributed by atoms with Crippen LogP contribution in [0.15, 0.2) is 95.2 Å². The van der Waals surface area contributed by atoms with Crippen LogP contribution in [0.25, 0.3) is 33.8 Å². The van der Waals surface area contributed by atoms with Gasteiger partial charge in [-0.1, -0.05) is 66.7 Å². The number of rotatable bonds is 6. The van der Waals surface area contributed by atoms with Crippen LogP contribution in [0.5, 0.6) is 0 Å². The molecule has 0 atom stereocenters. The fourth-order valence-electron chi connectivity index (χ4n) is 3.80. The highest BCUT2D eigenvalue weighted by molar-refractivity contribution is 7.14. The van der Waals surface area contributed by atoms with E-state index in [1.54, 1.807) is 6.20 Å². The molecule has 0 aliphatic rings. The molecule has 0 radical (unpaired) electrons. The molecule has 0 fully saturated rings. The summed E-state index contributed by atoms with van der Waals surface area (Å²) >= 11 is 1.28. The van der Waals surface area contributed by atoms with Crippen LogP contribution in [-0.4, -0.2) is 25.7 Å². The van der Waals surface area contributed by atoms with Crippen LogP contribution >= 0.6 is 11.3 Å². The fourth-order valence-corrected chi connectivity index (χ4v) is 4.50. The molecule has 0 aliphatic heterocycles. The van der Waals surface area contributed by atoms with Gasteiger partial charge in [-0.05, 0) is 24.6 Å². The Balaban J connectivity index is 1.64. The molecular formula is C27H21N5O2S. The average Bonchev–Trinajstić information content (AvgIpc) is 3.38. The van der Waals surface area contributed by atoms with Crippen LogP contribution in [0.3, 0.4) is 0 Å². The summed E-state index contributed by atoms with van der Waals surface area (Å²) in [4.78, 5) is 35.9. The molecule has 0 spiro atoms. The Hall–Kier alpha value is -4.43. The zero-order valence-electron chi connectivity index (χ0n) is 18.9. The molecule has 0 bridgehead atoms. The lowest BCUT2D eigenvalue weighted by Gasteiger charge is -2.16. The van der Waals surface area contributed by atoms with E-state index < -0.39 is 11.5 Å². The molecule has 3 aromatic heterocycles. The van der Waals surface area contributed by atoms with E-state index in [0.29, 0.717) is 34.3 Å². The molecule has 35 heavy (non-hydrogen) atoms. The Morgan fingerprint density at radius 1 is 0.914 bits per heavy atom. The summed E-state index contributed by atoms with van der Waals surface area (Å²) in [6.45, 7) is 2.15. The number of hydrogen-bond donors (Lipinski definition) is 1. The van der Waals surface area contributed by atoms with Gasteiger partial charge in [0, 0.05) is 29.2 Å². The Morgan fingerprint density at radius 3 is 2.26 bits per heavy atom. The molecule has 3 heterocycles. The number of nitrogens with one attached hydrogen (secondary N) is 1. The summed E-state index contributed by atoms with van der Waals surface area (Å²) < 4.78 is 1.32. The lowest BCUT2D eigenvalue weighted by molar-refractivity contribution is 0.102. The first-order chi connectivity index (χ1) is 17.2. The minimum absolute atomic E-state index is 0.0292. The second-order valence-electron chi connectivity index (χ2n) is 7.66. The molecule has 2 aromatic carbocycles.